The van der Waals surface area contributed by atoms with Gasteiger partial charge in [-0.05, 0) is 19.1 Å². The molecule has 4 nitrogen and oxygen atoms in total. The van der Waals surface area contributed by atoms with Gasteiger partial charge in [0.2, 0.25) is 0 Å². The molecule has 4 heteroatoms. The highest BCUT2D eigenvalue weighted by molar-refractivity contribution is 5.44. The summed E-state index contributed by atoms with van der Waals surface area (Å²) < 4.78 is 0. The average molecular weight is 218 g/mol. The van der Waals surface area contributed by atoms with Crippen LogP contribution in [0, 0.1) is 18.3 Å². The number of hydrogen-bond acceptors (Lipinski definition) is 4. The molecule has 0 saturated heterocycles. The van der Waals surface area contributed by atoms with Crippen LogP contribution in [0.25, 0.3) is 0 Å². The van der Waals surface area contributed by atoms with E-state index in [9.17, 15) is 0 Å². The zero-order valence-corrected chi connectivity index (χ0v) is 10.0. The molecule has 86 valence electrons. The number of aryl methyl sites for hydroxylation is 1. The van der Waals surface area contributed by atoms with Gasteiger partial charge in [-0.15, -0.1) is 0 Å². The fourth-order valence-electron chi connectivity index (χ4n) is 1.38. The third kappa shape index (κ3) is 4.28. The second kappa shape index (κ2) is 6.09. The molecule has 2 N–H and O–H groups in total. The number of nitrogens with zero attached hydrogens (tertiary/aromatic N) is 2. The Hall–Kier alpha value is -1.60. The maximum Gasteiger partial charge on any atom is 0.127 e. The molecular weight excluding hydrogens is 200 g/mol. The van der Waals surface area contributed by atoms with Gasteiger partial charge in [-0.3, -0.25) is 0 Å². The topological polar surface area (TPSA) is 60.7 Å². The van der Waals surface area contributed by atoms with Crippen LogP contribution in [0.2, 0.25) is 0 Å². The Morgan fingerprint density at radius 3 is 2.75 bits per heavy atom. The fourth-order valence-corrected chi connectivity index (χ4v) is 1.38. The van der Waals surface area contributed by atoms with Crippen LogP contribution in [0.5, 0.6) is 0 Å². The van der Waals surface area contributed by atoms with E-state index in [1.807, 2.05) is 6.92 Å². The third-order valence-corrected chi connectivity index (χ3v) is 2.07. The van der Waals surface area contributed by atoms with Gasteiger partial charge in [-0.25, -0.2) is 4.98 Å². The lowest BCUT2D eigenvalue weighted by atomic mass is 10.2. The van der Waals surface area contributed by atoms with Crippen molar-refractivity contribution >= 4 is 5.82 Å². The molecule has 0 aliphatic heterocycles. The summed E-state index contributed by atoms with van der Waals surface area (Å²) in [4.78, 5) is 4.31. The van der Waals surface area contributed by atoms with E-state index in [1.165, 1.54) is 0 Å². The van der Waals surface area contributed by atoms with Crippen molar-refractivity contribution in [3.8, 4) is 6.07 Å². The highest BCUT2D eigenvalue weighted by Gasteiger charge is 1.99. The van der Waals surface area contributed by atoms with Crippen LogP contribution in [0.3, 0.4) is 0 Å². The molecular formula is C12H18N4. The number of nitriles is 1. The molecule has 1 heterocycles. The second-order valence-electron chi connectivity index (χ2n) is 4.03. The van der Waals surface area contributed by atoms with E-state index in [2.05, 4.69) is 35.5 Å². The Labute approximate surface area is 96.7 Å². The van der Waals surface area contributed by atoms with Crippen LogP contribution in [-0.2, 0) is 0 Å². The predicted octanol–water partition coefficient (Wildman–Crippen LogP) is 1.67. The van der Waals surface area contributed by atoms with Crippen LogP contribution in [0.4, 0.5) is 5.82 Å². The first-order chi connectivity index (χ1) is 7.61. The summed E-state index contributed by atoms with van der Waals surface area (Å²) in [5.41, 5.74) is 1.50. The monoisotopic (exact) mass is 218 g/mol. The van der Waals surface area contributed by atoms with Gasteiger partial charge in [0.05, 0.1) is 11.6 Å². The number of aromatic nitrogens is 1. The van der Waals surface area contributed by atoms with E-state index >= 15 is 0 Å². The summed E-state index contributed by atoms with van der Waals surface area (Å²) >= 11 is 0. The van der Waals surface area contributed by atoms with Crippen molar-refractivity contribution in [2.75, 3.05) is 18.4 Å². The van der Waals surface area contributed by atoms with Gasteiger partial charge in [0.25, 0.3) is 0 Å². The van der Waals surface area contributed by atoms with Gasteiger partial charge >= 0.3 is 0 Å². The third-order valence-electron chi connectivity index (χ3n) is 2.07. The highest BCUT2D eigenvalue weighted by atomic mass is 15.0. The van der Waals surface area contributed by atoms with Crippen molar-refractivity contribution in [2.24, 2.45) is 0 Å². The summed E-state index contributed by atoms with van der Waals surface area (Å²) in [6.45, 7) is 7.80. The summed E-state index contributed by atoms with van der Waals surface area (Å²) in [5.74, 6) is 0.766. The molecule has 0 aliphatic carbocycles. The minimum absolute atomic E-state index is 0.488. The summed E-state index contributed by atoms with van der Waals surface area (Å²) in [6.07, 6.45) is 0. The van der Waals surface area contributed by atoms with Crippen LogP contribution in [0.15, 0.2) is 12.1 Å². The van der Waals surface area contributed by atoms with Crippen molar-refractivity contribution in [2.45, 2.75) is 26.8 Å². The number of nitrogens with one attached hydrogen (secondary N) is 2. The van der Waals surface area contributed by atoms with Crippen molar-refractivity contribution in [1.29, 1.82) is 5.26 Å². The predicted molar refractivity (Wildman–Crippen MR) is 65.3 cm³/mol. The molecule has 0 radical (unpaired) electrons. The van der Waals surface area contributed by atoms with E-state index in [0.29, 0.717) is 11.6 Å². The van der Waals surface area contributed by atoms with Gasteiger partial charge in [-0.2, -0.15) is 5.26 Å². The van der Waals surface area contributed by atoms with E-state index in [-0.39, 0.29) is 0 Å². The summed E-state index contributed by atoms with van der Waals surface area (Å²) in [5, 5.41) is 15.3. The van der Waals surface area contributed by atoms with Crippen molar-refractivity contribution in [3.05, 3.63) is 23.4 Å². The van der Waals surface area contributed by atoms with Crippen molar-refractivity contribution in [1.82, 2.24) is 10.3 Å². The zero-order chi connectivity index (χ0) is 12.0. The van der Waals surface area contributed by atoms with Gasteiger partial charge in [0.15, 0.2) is 0 Å². The molecule has 1 aromatic rings. The average Bonchev–Trinajstić information content (AvgIpc) is 2.23. The van der Waals surface area contributed by atoms with Crippen LogP contribution in [0.1, 0.15) is 25.1 Å². The lowest BCUT2D eigenvalue weighted by molar-refractivity contribution is 0.602. The lowest BCUT2D eigenvalue weighted by Gasteiger charge is -2.10. The van der Waals surface area contributed by atoms with Gasteiger partial charge in [0, 0.05) is 24.8 Å². The molecule has 0 aromatic carbocycles. The van der Waals surface area contributed by atoms with Crippen LogP contribution in [-0.4, -0.2) is 24.1 Å². The Kier molecular flexibility index (Phi) is 4.74. The van der Waals surface area contributed by atoms with E-state index in [0.717, 1.165) is 24.6 Å². The number of rotatable bonds is 5. The van der Waals surface area contributed by atoms with Gasteiger partial charge < -0.3 is 10.6 Å². The Morgan fingerprint density at radius 1 is 1.38 bits per heavy atom. The minimum Gasteiger partial charge on any atom is -0.369 e. The Morgan fingerprint density at radius 2 is 2.12 bits per heavy atom. The van der Waals surface area contributed by atoms with Crippen LogP contribution < -0.4 is 10.6 Å². The molecule has 0 unspecified atom stereocenters. The molecule has 0 atom stereocenters. The summed E-state index contributed by atoms with van der Waals surface area (Å²) in [6, 6.07) is 6.15. The first kappa shape index (κ1) is 12.5. The van der Waals surface area contributed by atoms with Crippen LogP contribution >= 0.6 is 0 Å². The molecule has 1 rings (SSSR count). The first-order valence-corrected chi connectivity index (χ1v) is 5.48. The second-order valence-corrected chi connectivity index (χ2v) is 4.03. The Balaban J connectivity index is 2.48. The highest BCUT2D eigenvalue weighted by Crippen LogP contribution is 2.08. The standard InChI is InChI=1S/C12H18N4/c1-9(2)14-4-5-15-12-7-11(8-13)6-10(3)16-12/h6-7,9,14H,4-5H2,1-3H3,(H,15,16). The van der Waals surface area contributed by atoms with Gasteiger partial charge in [0.1, 0.15) is 5.82 Å². The normalized spacial score (nSPS) is 10.2. The SMILES string of the molecule is Cc1cc(C#N)cc(NCCNC(C)C)n1. The molecule has 1 aromatic heterocycles. The molecule has 16 heavy (non-hydrogen) atoms. The maximum atomic E-state index is 8.81. The van der Waals surface area contributed by atoms with E-state index < -0.39 is 0 Å². The molecule has 0 fully saturated rings. The van der Waals surface area contributed by atoms with Crippen molar-refractivity contribution < 1.29 is 0 Å². The largest absolute Gasteiger partial charge is 0.369 e. The fraction of sp³-hybridized carbons (Fsp3) is 0.500. The Bertz CT molecular complexity index is 379. The zero-order valence-electron chi connectivity index (χ0n) is 10.0. The molecule has 0 saturated carbocycles. The first-order valence-electron chi connectivity index (χ1n) is 5.48. The lowest BCUT2D eigenvalue weighted by Crippen LogP contribution is -2.28. The summed E-state index contributed by atoms with van der Waals surface area (Å²) in [7, 11) is 0. The molecule has 0 amide bonds. The molecule has 0 spiro atoms. The molecule has 0 bridgehead atoms. The number of anilines is 1. The van der Waals surface area contributed by atoms with E-state index in [1.54, 1.807) is 12.1 Å². The minimum atomic E-state index is 0.488. The smallest absolute Gasteiger partial charge is 0.127 e. The van der Waals surface area contributed by atoms with E-state index in [4.69, 9.17) is 5.26 Å². The number of hydrogen-bond donors (Lipinski definition) is 2. The van der Waals surface area contributed by atoms with Gasteiger partial charge in [-0.1, -0.05) is 13.8 Å². The van der Waals surface area contributed by atoms with Crippen molar-refractivity contribution in [3.63, 3.8) is 0 Å². The molecule has 0 aliphatic rings. The maximum absolute atomic E-state index is 8.81. The number of pyridine rings is 1. The quantitative estimate of drug-likeness (QED) is 0.738.